The third-order valence-electron chi connectivity index (χ3n) is 4.19. The number of fused-ring (bicyclic) bond motifs is 1. The lowest BCUT2D eigenvalue weighted by molar-refractivity contribution is -0.140. The second-order valence-electron chi connectivity index (χ2n) is 5.02. The summed E-state index contributed by atoms with van der Waals surface area (Å²) in [4.78, 5) is 12.2. The summed E-state index contributed by atoms with van der Waals surface area (Å²) in [5, 5.41) is 1.88. The molecule has 14 heavy (non-hydrogen) atoms. The Balaban J connectivity index is 1.72. The fourth-order valence-corrected chi connectivity index (χ4v) is 3.24. The number of amides is 1. The third-order valence-corrected chi connectivity index (χ3v) is 4.19. The summed E-state index contributed by atoms with van der Waals surface area (Å²) in [5.41, 5.74) is 3.28. The number of hydrogen-bond donors (Lipinski definition) is 1. The van der Waals surface area contributed by atoms with Gasteiger partial charge in [0, 0.05) is 13.1 Å². The van der Waals surface area contributed by atoms with Gasteiger partial charge in [0.25, 0.3) is 0 Å². The van der Waals surface area contributed by atoms with Crippen molar-refractivity contribution in [2.45, 2.75) is 38.5 Å². The average Bonchev–Trinajstić information content (AvgIpc) is 2.73. The van der Waals surface area contributed by atoms with Gasteiger partial charge in [0.05, 0.1) is 5.41 Å². The summed E-state index contributed by atoms with van der Waals surface area (Å²) < 4.78 is 0. The predicted octanol–water partition coefficient (Wildman–Crippen LogP) is 1.30. The molecule has 2 aliphatic carbocycles. The zero-order chi connectivity index (χ0) is 9.60. The van der Waals surface area contributed by atoms with Crippen LogP contribution in [0.4, 0.5) is 0 Å². The molecule has 0 aromatic rings. The van der Waals surface area contributed by atoms with Crippen molar-refractivity contribution in [3.05, 3.63) is 0 Å². The van der Waals surface area contributed by atoms with Crippen LogP contribution < -0.4 is 5.43 Å². The van der Waals surface area contributed by atoms with Gasteiger partial charge in [-0.2, -0.15) is 0 Å². The van der Waals surface area contributed by atoms with Crippen molar-refractivity contribution >= 4 is 5.91 Å². The third kappa shape index (κ3) is 1.11. The van der Waals surface area contributed by atoms with E-state index in [1.54, 1.807) is 0 Å². The molecule has 2 atom stereocenters. The number of carbonyl (C=O) groups excluding carboxylic acids is 1. The van der Waals surface area contributed by atoms with Crippen LogP contribution in [0.25, 0.3) is 0 Å². The minimum Gasteiger partial charge on any atom is -0.278 e. The largest absolute Gasteiger partial charge is 0.278 e. The summed E-state index contributed by atoms with van der Waals surface area (Å²) in [5.74, 6) is 1.13. The molecular formula is C11H18N2O. The Morgan fingerprint density at radius 3 is 3.00 bits per heavy atom. The molecule has 3 heteroatoms. The van der Waals surface area contributed by atoms with E-state index in [0.717, 1.165) is 31.8 Å². The van der Waals surface area contributed by atoms with Crippen molar-refractivity contribution in [2.24, 2.45) is 11.3 Å². The van der Waals surface area contributed by atoms with Crippen LogP contribution in [0.3, 0.4) is 0 Å². The van der Waals surface area contributed by atoms with E-state index < -0.39 is 0 Å². The first kappa shape index (κ1) is 8.72. The van der Waals surface area contributed by atoms with Crippen LogP contribution in [-0.4, -0.2) is 24.0 Å². The second-order valence-corrected chi connectivity index (χ2v) is 5.02. The summed E-state index contributed by atoms with van der Waals surface area (Å²) >= 11 is 0. The molecule has 3 rings (SSSR count). The predicted molar refractivity (Wildman–Crippen MR) is 53.3 cm³/mol. The Bertz CT molecular complexity index is 260. The van der Waals surface area contributed by atoms with Gasteiger partial charge < -0.3 is 0 Å². The lowest BCUT2D eigenvalue weighted by Crippen LogP contribution is -2.43. The van der Waals surface area contributed by atoms with Crippen molar-refractivity contribution < 1.29 is 4.79 Å². The van der Waals surface area contributed by atoms with Crippen LogP contribution >= 0.6 is 0 Å². The molecule has 0 aromatic heterocycles. The van der Waals surface area contributed by atoms with Crippen LogP contribution in [-0.2, 0) is 4.79 Å². The van der Waals surface area contributed by atoms with E-state index in [9.17, 15) is 4.79 Å². The Labute approximate surface area is 84.8 Å². The zero-order valence-electron chi connectivity index (χ0n) is 8.59. The van der Waals surface area contributed by atoms with E-state index >= 15 is 0 Å². The highest BCUT2D eigenvalue weighted by Gasteiger charge is 2.61. The Morgan fingerprint density at radius 1 is 1.36 bits per heavy atom. The van der Waals surface area contributed by atoms with Crippen LogP contribution in [0.2, 0.25) is 0 Å². The summed E-state index contributed by atoms with van der Waals surface area (Å²) in [6.07, 6.45) is 7.33. The van der Waals surface area contributed by atoms with Gasteiger partial charge in [0.15, 0.2) is 0 Å². The summed E-state index contributed by atoms with van der Waals surface area (Å²) in [6.45, 7) is 1.90. The highest BCUT2D eigenvalue weighted by atomic mass is 16.2. The number of nitrogens with one attached hydrogen (secondary N) is 1. The van der Waals surface area contributed by atoms with E-state index in [1.807, 2.05) is 5.01 Å². The maximum atomic E-state index is 12.2. The standard InChI is InChI=1S/C11H18N2O/c14-10(13-7-3-6-12-13)11-5-2-1-4-9(11)8-11/h9,12H,1-8H2. The molecular weight excluding hydrogens is 176 g/mol. The van der Waals surface area contributed by atoms with Crippen LogP contribution in [0.15, 0.2) is 0 Å². The van der Waals surface area contributed by atoms with Gasteiger partial charge in [-0.05, 0) is 31.6 Å². The second kappa shape index (κ2) is 2.96. The Hall–Kier alpha value is -0.570. The van der Waals surface area contributed by atoms with Crippen molar-refractivity contribution in [1.82, 2.24) is 10.4 Å². The van der Waals surface area contributed by atoms with Crippen molar-refractivity contribution in [3.63, 3.8) is 0 Å². The number of nitrogens with zero attached hydrogens (tertiary/aromatic N) is 1. The molecule has 1 amide bonds. The van der Waals surface area contributed by atoms with Gasteiger partial charge in [0.1, 0.15) is 0 Å². The average molecular weight is 194 g/mol. The van der Waals surface area contributed by atoms with E-state index in [0.29, 0.717) is 5.91 Å². The van der Waals surface area contributed by atoms with Crippen molar-refractivity contribution in [2.75, 3.05) is 13.1 Å². The first-order chi connectivity index (χ1) is 6.83. The van der Waals surface area contributed by atoms with Gasteiger partial charge in [0.2, 0.25) is 5.91 Å². The molecule has 0 spiro atoms. The summed E-state index contributed by atoms with van der Waals surface area (Å²) in [6, 6.07) is 0. The number of rotatable bonds is 1. The monoisotopic (exact) mass is 194 g/mol. The molecule has 0 bridgehead atoms. The first-order valence-corrected chi connectivity index (χ1v) is 5.88. The molecule has 0 aromatic carbocycles. The SMILES string of the molecule is O=C(N1CCCN1)C12CCCCC1C2. The van der Waals surface area contributed by atoms with Crippen molar-refractivity contribution in [1.29, 1.82) is 0 Å². The molecule has 1 saturated heterocycles. The van der Waals surface area contributed by atoms with E-state index in [-0.39, 0.29) is 5.41 Å². The maximum Gasteiger partial charge on any atom is 0.243 e. The molecule has 3 aliphatic rings. The Kier molecular flexibility index (Phi) is 1.84. The fraction of sp³-hybridized carbons (Fsp3) is 0.909. The first-order valence-electron chi connectivity index (χ1n) is 5.88. The number of hydrazine groups is 1. The molecule has 78 valence electrons. The van der Waals surface area contributed by atoms with E-state index in [2.05, 4.69) is 5.43 Å². The van der Waals surface area contributed by atoms with Gasteiger partial charge >= 0.3 is 0 Å². The zero-order valence-corrected chi connectivity index (χ0v) is 8.59. The lowest BCUT2D eigenvalue weighted by atomic mass is 9.87. The normalized spacial score (nSPS) is 40.9. The highest BCUT2D eigenvalue weighted by Crippen LogP contribution is 2.62. The quantitative estimate of drug-likeness (QED) is 0.682. The number of hydrogen-bond acceptors (Lipinski definition) is 2. The highest BCUT2D eigenvalue weighted by molar-refractivity contribution is 5.86. The molecule has 3 nitrogen and oxygen atoms in total. The van der Waals surface area contributed by atoms with Gasteiger partial charge in [-0.25, -0.2) is 5.43 Å². The minimum absolute atomic E-state index is 0.0928. The molecule has 2 unspecified atom stereocenters. The van der Waals surface area contributed by atoms with Crippen LogP contribution in [0.1, 0.15) is 38.5 Å². The van der Waals surface area contributed by atoms with Crippen molar-refractivity contribution in [3.8, 4) is 0 Å². The fourth-order valence-electron chi connectivity index (χ4n) is 3.24. The molecule has 1 heterocycles. The lowest BCUT2D eigenvalue weighted by Gasteiger charge is -2.26. The molecule has 2 saturated carbocycles. The smallest absolute Gasteiger partial charge is 0.243 e. The molecule has 3 fully saturated rings. The van der Waals surface area contributed by atoms with E-state index in [1.165, 1.54) is 25.7 Å². The van der Waals surface area contributed by atoms with Gasteiger partial charge in [-0.1, -0.05) is 12.8 Å². The molecule has 1 aliphatic heterocycles. The maximum absolute atomic E-state index is 12.2. The van der Waals surface area contributed by atoms with Gasteiger partial charge in [-0.3, -0.25) is 9.80 Å². The summed E-state index contributed by atoms with van der Waals surface area (Å²) in [7, 11) is 0. The van der Waals surface area contributed by atoms with Crippen LogP contribution in [0, 0.1) is 11.3 Å². The van der Waals surface area contributed by atoms with Gasteiger partial charge in [-0.15, -0.1) is 0 Å². The molecule has 0 radical (unpaired) electrons. The van der Waals surface area contributed by atoms with Crippen LogP contribution in [0.5, 0.6) is 0 Å². The minimum atomic E-state index is 0.0928. The topological polar surface area (TPSA) is 32.3 Å². The van der Waals surface area contributed by atoms with E-state index in [4.69, 9.17) is 0 Å². The Morgan fingerprint density at radius 2 is 2.29 bits per heavy atom. The number of carbonyl (C=O) groups is 1. The molecule has 1 N–H and O–H groups in total.